The van der Waals surface area contributed by atoms with Crippen molar-refractivity contribution in [1.29, 1.82) is 0 Å². The summed E-state index contributed by atoms with van der Waals surface area (Å²) >= 11 is 0. The number of imidazole rings is 1. The van der Waals surface area contributed by atoms with Crippen molar-refractivity contribution in [3.63, 3.8) is 0 Å². The molecule has 1 N–H and O–H groups in total. The van der Waals surface area contributed by atoms with E-state index >= 15 is 0 Å². The smallest absolute Gasteiger partial charge is 0.130 e. The number of hydrogen-bond donors (Lipinski definition) is 1. The number of hydrogen-bond acceptors (Lipinski definition) is 2. The Morgan fingerprint density at radius 2 is 2.00 bits per heavy atom. The molecule has 3 nitrogen and oxygen atoms in total. The van der Waals surface area contributed by atoms with Gasteiger partial charge in [-0.25, -0.2) is 9.37 Å². The van der Waals surface area contributed by atoms with E-state index < -0.39 is 0 Å². The molecule has 3 aromatic rings. The molecule has 3 rings (SSSR count). The van der Waals surface area contributed by atoms with Crippen LogP contribution >= 0.6 is 0 Å². The number of nitrogens with zero attached hydrogens (tertiary/aromatic N) is 2. The summed E-state index contributed by atoms with van der Waals surface area (Å²) < 4.78 is 16.2. The Labute approximate surface area is 135 Å². The van der Waals surface area contributed by atoms with Gasteiger partial charge in [-0.2, -0.15) is 0 Å². The molecule has 23 heavy (non-hydrogen) atoms. The third-order valence-electron chi connectivity index (χ3n) is 3.93. The minimum atomic E-state index is -0.295. The van der Waals surface area contributed by atoms with E-state index in [4.69, 9.17) is 0 Å². The number of benzene rings is 2. The van der Waals surface area contributed by atoms with E-state index in [1.807, 2.05) is 29.9 Å². The van der Waals surface area contributed by atoms with Crippen molar-refractivity contribution in [1.82, 2.24) is 14.9 Å². The Hall–Kier alpha value is -2.46. The van der Waals surface area contributed by atoms with Gasteiger partial charge in [0.05, 0.1) is 6.04 Å². The van der Waals surface area contributed by atoms with Crippen LogP contribution < -0.4 is 5.32 Å². The molecule has 2 aromatic carbocycles. The summed E-state index contributed by atoms with van der Waals surface area (Å²) in [6.07, 6.45) is 3.61. The van der Waals surface area contributed by atoms with E-state index in [1.54, 1.807) is 18.3 Å². The predicted octanol–water partition coefficient (Wildman–Crippen LogP) is 3.75. The third-order valence-corrected chi connectivity index (χ3v) is 3.93. The Kier molecular flexibility index (Phi) is 4.53. The number of rotatable bonds is 5. The molecule has 0 radical (unpaired) electrons. The van der Waals surface area contributed by atoms with Crippen molar-refractivity contribution in [3.8, 4) is 0 Å². The summed E-state index contributed by atoms with van der Waals surface area (Å²) in [7, 11) is 1.92. The predicted molar refractivity (Wildman–Crippen MR) is 89.5 cm³/mol. The van der Waals surface area contributed by atoms with Gasteiger partial charge in [0.1, 0.15) is 11.6 Å². The number of aromatic nitrogens is 2. The van der Waals surface area contributed by atoms with Crippen LogP contribution in [0.25, 0.3) is 0 Å². The molecule has 0 spiro atoms. The van der Waals surface area contributed by atoms with Crippen LogP contribution in [0, 0.1) is 12.7 Å². The molecule has 0 aliphatic rings. The van der Waals surface area contributed by atoms with Gasteiger partial charge in [0.2, 0.25) is 0 Å². The molecule has 1 unspecified atom stereocenters. The van der Waals surface area contributed by atoms with Crippen LogP contribution in [-0.4, -0.2) is 9.55 Å². The molecular formula is C19H20FN3. The summed E-state index contributed by atoms with van der Waals surface area (Å²) in [6.45, 7) is 2.71. The molecule has 118 valence electrons. The third kappa shape index (κ3) is 3.48. The summed E-state index contributed by atoms with van der Waals surface area (Å²) in [5, 5.41) is 3.44. The van der Waals surface area contributed by atoms with Gasteiger partial charge in [0, 0.05) is 31.5 Å². The van der Waals surface area contributed by atoms with Crippen LogP contribution in [-0.2, 0) is 13.6 Å². The van der Waals surface area contributed by atoms with E-state index in [1.165, 1.54) is 17.2 Å². The lowest BCUT2D eigenvalue weighted by Crippen LogP contribution is -2.25. The van der Waals surface area contributed by atoms with E-state index in [-0.39, 0.29) is 11.9 Å². The van der Waals surface area contributed by atoms with Crippen molar-refractivity contribution >= 4 is 0 Å². The summed E-state index contributed by atoms with van der Waals surface area (Å²) in [5.41, 5.74) is 2.98. The second kappa shape index (κ2) is 6.75. The minimum absolute atomic E-state index is 0.225. The van der Waals surface area contributed by atoms with Crippen LogP contribution in [0.5, 0.6) is 0 Å². The normalized spacial score (nSPS) is 12.3. The molecular weight excluding hydrogens is 289 g/mol. The van der Waals surface area contributed by atoms with Crippen LogP contribution in [0.15, 0.2) is 60.9 Å². The van der Waals surface area contributed by atoms with E-state index in [2.05, 4.69) is 35.4 Å². The van der Waals surface area contributed by atoms with Gasteiger partial charge in [-0.05, 0) is 18.6 Å². The van der Waals surface area contributed by atoms with Crippen molar-refractivity contribution in [2.75, 3.05) is 0 Å². The fraction of sp³-hybridized carbons (Fsp3) is 0.211. The lowest BCUT2D eigenvalue weighted by Gasteiger charge is -2.20. The van der Waals surface area contributed by atoms with Crippen LogP contribution in [0.2, 0.25) is 0 Å². The highest BCUT2D eigenvalue weighted by molar-refractivity contribution is 5.28. The molecule has 0 amide bonds. The highest BCUT2D eigenvalue weighted by atomic mass is 19.1. The lowest BCUT2D eigenvalue weighted by atomic mass is 10.0. The van der Waals surface area contributed by atoms with E-state index in [0.29, 0.717) is 12.1 Å². The van der Waals surface area contributed by atoms with Crippen LogP contribution in [0.1, 0.15) is 28.6 Å². The fourth-order valence-electron chi connectivity index (χ4n) is 2.75. The number of halogens is 1. The fourth-order valence-corrected chi connectivity index (χ4v) is 2.75. The molecule has 4 heteroatoms. The topological polar surface area (TPSA) is 29.9 Å². The van der Waals surface area contributed by atoms with Gasteiger partial charge in [-0.3, -0.25) is 5.32 Å². The molecule has 1 aromatic heterocycles. The molecule has 0 aliphatic heterocycles. The molecule has 1 heterocycles. The van der Waals surface area contributed by atoms with Crippen molar-refractivity contribution in [2.24, 2.45) is 7.05 Å². The van der Waals surface area contributed by atoms with E-state index in [9.17, 15) is 4.39 Å². The SMILES string of the molecule is Cc1cccc(CNC(c2ccccc2F)c2nccn2C)c1. The highest BCUT2D eigenvalue weighted by Gasteiger charge is 2.20. The van der Waals surface area contributed by atoms with Gasteiger partial charge in [0.25, 0.3) is 0 Å². The highest BCUT2D eigenvalue weighted by Crippen LogP contribution is 2.23. The standard InChI is InChI=1S/C19H20FN3/c1-14-6-5-7-15(12-14)13-22-18(19-21-10-11-23(19)2)16-8-3-4-9-17(16)20/h3-12,18,22H,13H2,1-2H3. The average molecular weight is 309 g/mol. The zero-order chi connectivity index (χ0) is 16.2. The molecule has 0 bridgehead atoms. The summed E-state index contributed by atoms with van der Waals surface area (Å²) in [5.74, 6) is 0.569. The summed E-state index contributed by atoms with van der Waals surface area (Å²) in [6, 6.07) is 14.8. The quantitative estimate of drug-likeness (QED) is 0.778. The van der Waals surface area contributed by atoms with E-state index in [0.717, 1.165) is 5.82 Å². The zero-order valence-corrected chi connectivity index (χ0v) is 13.3. The van der Waals surface area contributed by atoms with Crippen molar-refractivity contribution in [2.45, 2.75) is 19.5 Å². The van der Waals surface area contributed by atoms with Gasteiger partial charge >= 0.3 is 0 Å². The zero-order valence-electron chi connectivity index (χ0n) is 13.3. The van der Waals surface area contributed by atoms with Gasteiger partial charge in [-0.1, -0.05) is 48.0 Å². The minimum Gasteiger partial charge on any atom is -0.336 e. The molecule has 1 atom stereocenters. The van der Waals surface area contributed by atoms with Crippen LogP contribution in [0.4, 0.5) is 4.39 Å². The first-order valence-electron chi connectivity index (χ1n) is 7.65. The summed E-state index contributed by atoms with van der Waals surface area (Å²) in [4.78, 5) is 4.40. The second-order valence-electron chi connectivity index (χ2n) is 5.72. The van der Waals surface area contributed by atoms with Gasteiger partial charge in [0.15, 0.2) is 0 Å². The molecule has 0 aliphatic carbocycles. The Bertz CT molecular complexity index is 795. The first-order valence-corrected chi connectivity index (χ1v) is 7.65. The maximum Gasteiger partial charge on any atom is 0.130 e. The first-order chi connectivity index (χ1) is 11.1. The van der Waals surface area contributed by atoms with Crippen molar-refractivity contribution < 1.29 is 4.39 Å². The first kappa shape index (κ1) is 15.4. The van der Waals surface area contributed by atoms with Crippen molar-refractivity contribution in [3.05, 3.63) is 89.3 Å². The number of nitrogens with one attached hydrogen (secondary N) is 1. The molecule has 0 saturated heterocycles. The van der Waals surface area contributed by atoms with Gasteiger partial charge < -0.3 is 4.57 Å². The molecule has 0 fully saturated rings. The Balaban J connectivity index is 1.90. The number of aryl methyl sites for hydroxylation is 2. The Morgan fingerprint density at radius 3 is 2.70 bits per heavy atom. The molecule has 0 saturated carbocycles. The lowest BCUT2D eigenvalue weighted by molar-refractivity contribution is 0.520. The Morgan fingerprint density at radius 1 is 1.17 bits per heavy atom. The largest absolute Gasteiger partial charge is 0.336 e. The monoisotopic (exact) mass is 309 g/mol. The maximum atomic E-state index is 14.3. The van der Waals surface area contributed by atoms with Gasteiger partial charge in [-0.15, -0.1) is 0 Å². The second-order valence-corrected chi connectivity index (χ2v) is 5.72. The maximum absolute atomic E-state index is 14.3. The van der Waals surface area contributed by atoms with Crippen LogP contribution in [0.3, 0.4) is 0 Å². The average Bonchev–Trinajstić information content (AvgIpc) is 2.95.